The van der Waals surface area contributed by atoms with E-state index in [9.17, 15) is 4.79 Å². The predicted molar refractivity (Wildman–Crippen MR) is 76.5 cm³/mol. The highest BCUT2D eigenvalue weighted by molar-refractivity contribution is 5.86. The zero-order valence-corrected chi connectivity index (χ0v) is 10.9. The summed E-state index contributed by atoms with van der Waals surface area (Å²) < 4.78 is 1.43. The van der Waals surface area contributed by atoms with Crippen LogP contribution in [0.15, 0.2) is 55.0 Å². The van der Waals surface area contributed by atoms with Crippen LogP contribution in [0.5, 0.6) is 0 Å². The molecule has 0 atom stereocenters. The molecule has 1 N–H and O–H groups in total. The van der Waals surface area contributed by atoms with Gasteiger partial charge in [0.2, 0.25) is 0 Å². The molecule has 100 valence electrons. The molecular weight excluding hydrogens is 252 g/mol. The molecule has 2 heterocycles. The summed E-state index contributed by atoms with van der Waals surface area (Å²) in [5.41, 5.74) is 2.48. The van der Waals surface area contributed by atoms with Crippen molar-refractivity contribution >= 4 is 17.2 Å². The normalized spacial score (nSPS) is 10.6. The first kappa shape index (κ1) is 12.3. The van der Waals surface area contributed by atoms with Gasteiger partial charge in [-0.1, -0.05) is 30.3 Å². The summed E-state index contributed by atoms with van der Waals surface area (Å²) in [6, 6.07) is 13.5. The van der Waals surface area contributed by atoms with Crippen molar-refractivity contribution < 1.29 is 4.79 Å². The summed E-state index contributed by atoms with van der Waals surface area (Å²) in [6.45, 7) is 0.579. The van der Waals surface area contributed by atoms with Crippen molar-refractivity contribution in [3.8, 4) is 0 Å². The minimum atomic E-state index is -0.206. The number of aromatic nitrogens is 3. The number of hydrogen-bond donors (Lipinski definition) is 1. The number of nitrogens with one attached hydrogen (secondary N) is 1. The van der Waals surface area contributed by atoms with Gasteiger partial charge in [0.15, 0.2) is 5.65 Å². The van der Waals surface area contributed by atoms with Gasteiger partial charge in [-0.05, 0) is 24.1 Å². The average molecular weight is 266 g/mol. The summed E-state index contributed by atoms with van der Waals surface area (Å²) in [5.74, 6) is 0. The average Bonchev–Trinajstić information content (AvgIpc) is 2.92. The Bertz CT molecular complexity index is 721. The van der Waals surface area contributed by atoms with Gasteiger partial charge in [-0.3, -0.25) is 0 Å². The van der Waals surface area contributed by atoms with Crippen molar-refractivity contribution in [2.75, 3.05) is 6.54 Å². The second-order valence-electron chi connectivity index (χ2n) is 4.43. The molecule has 3 rings (SSSR count). The maximum atomic E-state index is 12.1. The Labute approximate surface area is 116 Å². The Kier molecular flexibility index (Phi) is 3.41. The zero-order chi connectivity index (χ0) is 13.8. The maximum absolute atomic E-state index is 12.1. The molecule has 20 heavy (non-hydrogen) atoms. The first-order valence-electron chi connectivity index (χ1n) is 6.45. The Hall–Kier alpha value is -2.69. The molecular formula is C15H14N4O. The van der Waals surface area contributed by atoms with Gasteiger partial charge in [0.05, 0.1) is 0 Å². The van der Waals surface area contributed by atoms with E-state index in [4.69, 9.17) is 0 Å². The van der Waals surface area contributed by atoms with Gasteiger partial charge < -0.3 is 5.32 Å². The minimum absolute atomic E-state index is 0.206. The summed E-state index contributed by atoms with van der Waals surface area (Å²) in [6.07, 6.45) is 3.94. The summed E-state index contributed by atoms with van der Waals surface area (Å²) >= 11 is 0. The summed E-state index contributed by atoms with van der Waals surface area (Å²) in [7, 11) is 0. The Morgan fingerprint density at radius 3 is 2.80 bits per heavy atom. The van der Waals surface area contributed by atoms with Crippen molar-refractivity contribution in [1.82, 2.24) is 19.9 Å². The third kappa shape index (κ3) is 2.51. The van der Waals surface area contributed by atoms with E-state index in [-0.39, 0.29) is 6.03 Å². The number of nitrogens with zero attached hydrogens (tertiary/aromatic N) is 3. The maximum Gasteiger partial charge on any atom is 0.328 e. The van der Waals surface area contributed by atoms with Crippen LogP contribution in [0.1, 0.15) is 5.56 Å². The molecule has 5 nitrogen and oxygen atoms in total. The van der Waals surface area contributed by atoms with Crippen LogP contribution in [-0.2, 0) is 6.42 Å². The molecule has 2 aromatic heterocycles. The molecule has 0 aliphatic carbocycles. The summed E-state index contributed by atoms with van der Waals surface area (Å²) in [4.78, 5) is 20.4. The van der Waals surface area contributed by atoms with Crippen molar-refractivity contribution in [3.05, 3.63) is 60.6 Å². The SMILES string of the molecule is O=C(NCCc1ccccc1)n1cnc2cccnc21. The van der Waals surface area contributed by atoms with Gasteiger partial charge >= 0.3 is 6.03 Å². The fourth-order valence-corrected chi connectivity index (χ4v) is 2.04. The van der Waals surface area contributed by atoms with Crippen molar-refractivity contribution in [3.63, 3.8) is 0 Å². The standard InChI is InChI=1S/C15H14N4O/c20-15(17-10-8-12-5-2-1-3-6-12)19-11-18-13-7-4-9-16-14(13)19/h1-7,9,11H,8,10H2,(H,17,20). The van der Waals surface area contributed by atoms with Gasteiger partial charge in [0.25, 0.3) is 0 Å². The van der Waals surface area contributed by atoms with E-state index >= 15 is 0 Å². The highest BCUT2D eigenvalue weighted by atomic mass is 16.2. The molecule has 1 amide bonds. The molecule has 3 aromatic rings. The lowest BCUT2D eigenvalue weighted by atomic mass is 10.1. The highest BCUT2D eigenvalue weighted by Gasteiger charge is 2.09. The van der Waals surface area contributed by atoms with E-state index in [1.165, 1.54) is 16.5 Å². The first-order valence-corrected chi connectivity index (χ1v) is 6.45. The zero-order valence-electron chi connectivity index (χ0n) is 10.9. The first-order chi connectivity index (χ1) is 9.84. The van der Waals surface area contributed by atoms with Gasteiger partial charge in [-0.25, -0.2) is 19.3 Å². The second kappa shape index (κ2) is 5.52. The number of imidazole rings is 1. The smallest absolute Gasteiger partial charge is 0.328 e. The van der Waals surface area contributed by atoms with Crippen LogP contribution in [0.2, 0.25) is 0 Å². The largest absolute Gasteiger partial charge is 0.337 e. The van der Waals surface area contributed by atoms with Crippen LogP contribution >= 0.6 is 0 Å². The number of pyridine rings is 1. The van der Waals surface area contributed by atoms with Crippen LogP contribution in [0.3, 0.4) is 0 Å². The fourth-order valence-electron chi connectivity index (χ4n) is 2.04. The van der Waals surface area contributed by atoms with Crippen LogP contribution in [0.25, 0.3) is 11.2 Å². The molecule has 0 aliphatic rings. The molecule has 0 spiro atoms. The lowest BCUT2D eigenvalue weighted by molar-refractivity contribution is 0.243. The van der Waals surface area contributed by atoms with Crippen LogP contribution in [0.4, 0.5) is 4.79 Å². The van der Waals surface area contributed by atoms with E-state index in [1.807, 2.05) is 36.4 Å². The third-order valence-corrected chi connectivity index (χ3v) is 3.06. The van der Waals surface area contributed by atoms with Gasteiger partial charge in [0.1, 0.15) is 11.8 Å². The van der Waals surface area contributed by atoms with Crippen molar-refractivity contribution in [1.29, 1.82) is 0 Å². The van der Waals surface area contributed by atoms with Gasteiger partial charge in [0, 0.05) is 12.7 Å². The molecule has 0 bridgehead atoms. The van der Waals surface area contributed by atoms with E-state index in [0.717, 1.165) is 6.42 Å². The molecule has 1 aromatic carbocycles. The Morgan fingerprint density at radius 1 is 1.10 bits per heavy atom. The Balaban J connectivity index is 1.65. The number of rotatable bonds is 3. The van der Waals surface area contributed by atoms with Crippen molar-refractivity contribution in [2.24, 2.45) is 0 Å². The highest BCUT2D eigenvalue weighted by Crippen LogP contribution is 2.07. The number of hydrogen-bond acceptors (Lipinski definition) is 3. The molecule has 0 saturated carbocycles. The molecule has 0 fully saturated rings. The summed E-state index contributed by atoms with van der Waals surface area (Å²) in [5, 5.41) is 2.87. The molecule has 0 aliphatic heterocycles. The number of amides is 1. The number of benzene rings is 1. The van der Waals surface area contributed by atoms with E-state index < -0.39 is 0 Å². The van der Waals surface area contributed by atoms with E-state index in [1.54, 1.807) is 12.3 Å². The lowest BCUT2D eigenvalue weighted by Crippen LogP contribution is -2.29. The fraction of sp³-hybridized carbons (Fsp3) is 0.133. The van der Waals surface area contributed by atoms with Crippen LogP contribution in [0, 0.1) is 0 Å². The van der Waals surface area contributed by atoms with Gasteiger partial charge in [-0.15, -0.1) is 0 Å². The van der Waals surface area contributed by atoms with Gasteiger partial charge in [-0.2, -0.15) is 0 Å². The predicted octanol–water partition coefficient (Wildman–Crippen LogP) is 2.23. The quantitative estimate of drug-likeness (QED) is 0.790. The van der Waals surface area contributed by atoms with E-state index in [2.05, 4.69) is 15.3 Å². The van der Waals surface area contributed by atoms with E-state index in [0.29, 0.717) is 17.7 Å². The topological polar surface area (TPSA) is 59.8 Å². The lowest BCUT2D eigenvalue weighted by Gasteiger charge is -2.06. The molecule has 5 heteroatoms. The number of carbonyl (C=O) groups excluding carboxylic acids is 1. The number of fused-ring (bicyclic) bond motifs is 1. The molecule has 0 radical (unpaired) electrons. The molecule has 0 unspecified atom stereocenters. The second-order valence-corrected chi connectivity index (χ2v) is 4.43. The van der Waals surface area contributed by atoms with Crippen LogP contribution in [-0.4, -0.2) is 27.1 Å². The monoisotopic (exact) mass is 266 g/mol. The number of carbonyl (C=O) groups is 1. The van der Waals surface area contributed by atoms with Crippen molar-refractivity contribution in [2.45, 2.75) is 6.42 Å². The molecule has 0 saturated heterocycles. The van der Waals surface area contributed by atoms with Crippen LogP contribution < -0.4 is 5.32 Å². The Morgan fingerprint density at radius 2 is 1.95 bits per heavy atom. The minimum Gasteiger partial charge on any atom is -0.337 e. The third-order valence-electron chi connectivity index (χ3n) is 3.06.